The normalized spacial score (nSPS) is 33.2. The van der Waals surface area contributed by atoms with Gasteiger partial charge in [0.15, 0.2) is 19.9 Å². The van der Waals surface area contributed by atoms with Gasteiger partial charge in [-0.3, -0.25) is 4.79 Å². The molecule has 0 aromatic heterocycles. The fourth-order valence-electron chi connectivity index (χ4n) is 2.68. The van der Waals surface area contributed by atoms with E-state index in [2.05, 4.69) is 19.6 Å². The van der Waals surface area contributed by atoms with E-state index in [1.807, 2.05) is 6.08 Å². The highest BCUT2D eigenvalue weighted by Crippen LogP contribution is 2.47. The molecule has 4 heteroatoms. The number of carbonyl (C=O) groups is 1. The van der Waals surface area contributed by atoms with Crippen LogP contribution in [0.15, 0.2) is 11.6 Å². The molecule has 0 saturated carbocycles. The second-order valence-electron chi connectivity index (χ2n) is 5.99. The number of ketones is 1. The van der Waals surface area contributed by atoms with Gasteiger partial charge in [0, 0.05) is 11.5 Å². The Labute approximate surface area is 104 Å². The minimum atomic E-state index is -1.68. The van der Waals surface area contributed by atoms with Gasteiger partial charge in [-0.15, -0.1) is 0 Å². The monoisotopic (exact) mass is 254 g/mol. The van der Waals surface area contributed by atoms with Gasteiger partial charge in [-0.1, -0.05) is 6.42 Å². The summed E-state index contributed by atoms with van der Waals surface area (Å²) in [4.78, 5) is 11.5. The standard InChI is InChI=1S/C13H22O3Si/c1-10(14)11-9-13(16-17(2,3)4)12(11)7-5-6-8-15-13/h9,12H,5-8H2,1-4H3/t12-,13-/m0/s1. The van der Waals surface area contributed by atoms with E-state index in [4.69, 9.17) is 9.16 Å². The lowest BCUT2D eigenvalue weighted by molar-refractivity contribution is -0.191. The minimum Gasteiger partial charge on any atom is -0.387 e. The van der Waals surface area contributed by atoms with Gasteiger partial charge in [-0.2, -0.15) is 0 Å². The van der Waals surface area contributed by atoms with Crippen LogP contribution >= 0.6 is 0 Å². The highest BCUT2D eigenvalue weighted by atomic mass is 28.4. The van der Waals surface area contributed by atoms with Crippen LogP contribution in [0.4, 0.5) is 0 Å². The van der Waals surface area contributed by atoms with Crippen molar-refractivity contribution in [1.29, 1.82) is 0 Å². The van der Waals surface area contributed by atoms with E-state index in [1.165, 1.54) is 0 Å². The molecule has 0 aromatic rings. The average molecular weight is 254 g/mol. The van der Waals surface area contributed by atoms with Crippen molar-refractivity contribution in [2.75, 3.05) is 6.61 Å². The summed E-state index contributed by atoms with van der Waals surface area (Å²) in [5.74, 6) is -0.258. The summed E-state index contributed by atoms with van der Waals surface area (Å²) in [6.07, 6.45) is 5.11. The molecule has 3 nitrogen and oxygen atoms in total. The minimum absolute atomic E-state index is 0.161. The molecule has 0 radical (unpaired) electrons. The lowest BCUT2D eigenvalue weighted by atomic mass is 9.74. The van der Waals surface area contributed by atoms with Crippen LogP contribution in [0.2, 0.25) is 19.6 Å². The van der Waals surface area contributed by atoms with E-state index in [1.54, 1.807) is 6.92 Å². The molecule has 1 aliphatic heterocycles. The van der Waals surface area contributed by atoms with Crippen LogP contribution in [-0.4, -0.2) is 26.5 Å². The van der Waals surface area contributed by atoms with Gasteiger partial charge >= 0.3 is 0 Å². The smallest absolute Gasteiger partial charge is 0.188 e. The molecule has 0 N–H and O–H groups in total. The van der Waals surface area contributed by atoms with E-state index in [9.17, 15) is 4.79 Å². The van der Waals surface area contributed by atoms with E-state index >= 15 is 0 Å². The second-order valence-corrected chi connectivity index (χ2v) is 10.4. The Kier molecular flexibility index (Phi) is 3.31. The summed E-state index contributed by atoms with van der Waals surface area (Å²) in [6, 6.07) is 0. The zero-order valence-corrected chi connectivity index (χ0v) is 12.2. The first kappa shape index (κ1) is 13.0. The Morgan fingerprint density at radius 1 is 1.47 bits per heavy atom. The summed E-state index contributed by atoms with van der Waals surface area (Å²) in [7, 11) is -1.68. The van der Waals surface area contributed by atoms with Crippen LogP contribution in [0, 0.1) is 5.92 Å². The summed E-state index contributed by atoms with van der Waals surface area (Å²) in [6.45, 7) is 8.85. The highest BCUT2D eigenvalue weighted by Gasteiger charge is 2.52. The maximum atomic E-state index is 11.5. The molecule has 96 valence electrons. The third-order valence-corrected chi connectivity index (χ3v) is 4.24. The first-order valence-corrected chi connectivity index (χ1v) is 9.83. The summed E-state index contributed by atoms with van der Waals surface area (Å²) < 4.78 is 12.1. The molecule has 0 unspecified atom stereocenters. The maximum Gasteiger partial charge on any atom is 0.188 e. The number of hydrogen-bond donors (Lipinski definition) is 0. The molecule has 2 atom stereocenters. The van der Waals surface area contributed by atoms with Crippen LogP contribution in [0.3, 0.4) is 0 Å². The van der Waals surface area contributed by atoms with E-state index < -0.39 is 14.1 Å². The number of Topliss-reactive ketones (excluding diaryl/α,β-unsaturated/α-hetero) is 1. The van der Waals surface area contributed by atoms with Crippen molar-refractivity contribution in [3.63, 3.8) is 0 Å². The summed E-state index contributed by atoms with van der Waals surface area (Å²) >= 11 is 0. The predicted molar refractivity (Wildman–Crippen MR) is 69.2 cm³/mol. The Morgan fingerprint density at radius 3 is 2.76 bits per heavy atom. The van der Waals surface area contributed by atoms with Crippen molar-refractivity contribution < 1.29 is 14.0 Å². The highest BCUT2D eigenvalue weighted by molar-refractivity contribution is 6.69. The topological polar surface area (TPSA) is 35.5 Å². The van der Waals surface area contributed by atoms with Crippen LogP contribution in [0.5, 0.6) is 0 Å². The third-order valence-electron chi connectivity index (χ3n) is 3.30. The quantitative estimate of drug-likeness (QED) is 0.726. The van der Waals surface area contributed by atoms with Crippen molar-refractivity contribution >= 4 is 14.1 Å². The van der Waals surface area contributed by atoms with Gasteiger partial charge in [0.2, 0.25) is 0 Å². The van der Waals surface area contributed by atoms with Crippen molar-refractivity contribution in [1.82, 2.24) is 0 Å². The van der Waals surface area contributed by atoms with Gasteiger partial charge in [-0.05, 0) is 45.5 Å². The lowest BCUT2D eigenvalue weighted by Crippen LogP contribution is -2.55. The molecule has 17 heavy (non-hydrogen) atoms. The van der Waals surface area contributed by atoms with Crippen molar-refractivity contribution in [3.05, 3.63) is 11.6 Å². The number of ether oxygens (including phenoxy) is 1. The Hall–Kier alpha value is -0.453. The number of rotatable bonds is 3. The second kappa shape index (κ2) is 4.34. The van der Waals surface area contributed by atoms with Gasteiger partial charge in [0.05, 0.1) is 6.61 Å². The average Bonchev–Trinajstić information content (AvgIpc) is 2.27. The fourth-order valence-corrected chi connectivity index (χ4v) is 3.89. The van der Waals surface area contributed by atoms with Crippen LogP contribution in [0.25, 0.3) is 0 Å². The third kappa shape index (κ3) is 2.54. The van der Waals surface area contributed by atoms with E-state index in [-0.39, 0.29) is 11.7 Å². The Morgan fingerprint density at radius 2 is 2.18 bits per heavy atom. The first-order valence-electron chi connectivity index (χ1n) is 6.42. The molecule has 2 rings (SSSR count). The Balaban J connectivity index is 2.25. The molecule has 1 heterocycles. The SMILES string of the molecule is CC(=O)C1=C[C@@]2(O[Si](C)(C)C)OCCCC[C@@H]12. The molecular weight excluding hydrogens is 232 g/mol. The molecule has 0 spiro atoms. The molecule has 1 aliphatic carbocycles. The molecule has 2 aliphatic rings. The van der Waals surface area contributed by atoms with Gasteiger partial charge < -0.3 is 9.16 Å². The first-order chi connectivity index (χ1) is 7.84. The molecule has 0 bridgehead atoms. The molecular formula is C13H22O3Si. The zero-order chi connectivity index (χ0) is 12.7. The largest absolute Gasteiger partial charge is 0.387 e. The fraction of sp³-hybridized carbons (Fsp3) is 0.769. The number of hydrogen-bond acceptors (Lipinski definition) is 3. The molecule has 0 aromatic carbocycles. The summed E-state index contributed by atoms with van der Waals surface area (Å²) in [5.41, 5.74) is 0.908. The van der Waals surface area contributed by atoms with Crippen LogP contribution in [-0.2, 0) is 14.0 Å². The lowest BCUT2D eigenvalue weighted by Gasteiger charge is -2.48. The van der Waals surface area contributed by atoms with Gasteiger partial charge in [-0.25, -0.2) is 0 Å². The molecule has 1 fully saturated rings. The Bertz CT molecular complexity index is 356. The van der Waals surface area contributed by atoms with Crippen molar-refractivity contribution in [3.8, 4) is 0 Å². The van der Waals surface area contributed by atoms with Crippen molar-refractivity contribution in [2.45, 2.75) is 51.6 Å². The molecule has 1 saturated heterocycles. The van der Waals surface area contributed by atoms with Crippen LogP contribution < -0.4 is 0 Å². The predicted octanol–water partition coefficient (Wildman–Crippen LogP) is 2.88. The van der Waals surface area contributed by atoms with Gasteiger partial charge in [0.25, 0.3) is 0 Å². The maximum absolute atomic E-state index is 11.5. The number of fused-ring (bicyclic) bond motifs is 1. The molecule has 0 amide bonds. The van der Waals surface area contributed by atoms with Gasteiger partial charge in [0.1, 0.15) is 0 Å². The van der Waals surface area contributed by atoms with Crippen LogP contribution in [0.1, 0.15) is 26.2 Å². The summed E-state index contributed by atoms with van der Waals surface area (Å²) in [5, 5.41) is 0. The van der Waals surface area contributed by atoms with E-state index in [0.29, 0.717) is 0 Å². The van der Waals surface area contributed by atoms with Crippen molar-refractivity contribution in [2.24, 2.45) is 5.92 Å². The number of carbonyl (C=O) groups excluding carboxylic acids is 1. The van der Waals surface area contributed by atoms with E-state index in [0.717, 1.165) is 31.4 Å². The zero-order valence-electron chi connectivity index (χ0n) is 11.2.